The van der Waals surface area contributed by atoms with E-state index in [1.807, 2.05) is 0 Å². The number of aliphatic carboxylic acids is 1. The number of pyridine rings is 1. The van der Waals surface area contributed by atoms with Crippen molar-refractivity contribution >= 4 is 50.9 Å². The average Bonchev–Trinajstić information content (AvgIpc) is 3.74. The number of hydrogen-bond donors (Lipinski definition) is 3. The molecule has 14 nitrogen and oxygen atoms in total. The number of carboxylic acid groups (broad SMARTS) is 1. The van der Waals surface area contributed by atoms with E-state index in [9.17, 15) is 27.6 Å². The van der Waals surface area contributed by atoms with Gasteiger partial charge in [0.05, 0.1) is 40.9 Å². The van der Waals surface area contributed by atoms with E-state index in [0.29, 0.717) is 51.3 Å². The fourth-order valence-electron chi connectivity index (χ4n) is 6.24. The van der Waals surface area contributed by atoms with Gasteiger partial charge in [-0.2, -0.15) is 15.2 Å². The maximum Gasteiger partial charge on any atom is 0.359 e. The first kappa shape index (κ1) is 35.1. The Morgan fingerprint density at radius 1 is 1.06 bits per heavy atom. The Kier molecular flexibility index (Phi) is 9.27. The van der Waals surface area contributed by atoms with Crippen LogP contribution in [0.1, 0.15) is 24.0 Å². The van der Waals surface area contributed by atoms with E-state index in [4.69, 9.17) is 22.4 Å². The van der Waals surface area contributed by atoms with E-state index in [1.165, 1.54) is 12.4 Å². The molecule has 4 aromatic heterocycles. The van der Waals surface area contributed by atoms with Crippen molar-refractivity contribution in [2.45, 2.75) is 32.5 Å². The summed E-state index contributed by atoms with van der Waals surface area (Å²) in [7, 11) is 1.71. The molecule has 0 saturated carbocycles. The minimum absolute atomic E-state index is 0.0622. The van der Waals surface area contributed by atoms with E-state index in [2.05, 4.69) is 25.5 Å². The van der Waals surface area contributed by atoms with Crippen LogP contribution in [0.25, 0.3) is 38.5 Å². The predicted molar refractivity (Wildman–Crippen MR) is 190 cm³/mol. The van der Waals surface area contributed by atoms with Crippen LogP contribution in [0.4, 0.5) is 24.8 Å². The molecule has 4 N–H and O–H groups in total. The van der Waals surface area contributed by atoms with Crippen molar-refractivity contribution < 1.29 is 23.1 Å². The number of nitrogens with one attached hydrogen (secondary N) is 1. The van der Waals surface area contributed by atoms with E-state index in [1.54, 1.807) is 59.3 Å². The summed E-state index contributed by atoms with van der Waals surface area (Å²) in [5.41, 5.74) is 6.13. The van der Waals surface area contributed by atoms with Gasteiger partial charge in [-0.1, -0.05) is 29.8 Å². The Morgan fingerprint density at radius 2 is 1.83 bits per heavy atom. The maximum absolute atomic E-state index is 14.5. The van der Waals surface area contributed by atoms with E-state index in [0.717, 1.165) is 21.3 Å². The van der Waals surface area contributed by atoms with E-state index >= 15 is 0 Å². The number of nitrogens with zero attached hydrogens (tertiary/aromatic N) is 8. The van der Waals surface area contributed by atoms with Crippen LogP contribution in [0.3, 0.4) is 0 Å². The van der Waals surface area contributed by atoms with Gasteiger partial charge in [-0.05, 0) is 35.7 Å². The molecule has 0 bridgehead atoms. The van der Waals surface area contributed by atoms with Crippen molar-refractivity contribution in [2.24, 2.45) is 12.8 Å². The standard InChI is InChI=1S/C35H28ClF3N10O4/c1-46-17-22-26(45-46)10-23(36)32(30(22)21-13-42-47(16-21)7-3-6-28(50)51)43-33-44-34(52)49(27-14-41-12-20-5-2-4-19(11-40)29(20)27)35(53)48(33)15-18-8-24(37)31(39)25(38)9-18/h2,4-5,8-10,12-14,16-17H,3,6-7,11,15,40H2,1H3,(H,50,51)(H,43,44,52). The maximum atomic E-state index is 14.5. The summed E-state index contributed by atoms with van der Waals surface area (Å²) < 4.78 is 47.7. The quantitative estimate of drug-likeness (QED) is 0.155. The van der Waals surface area contributed by atoms with Gasteiger partial charge in [0.2, 0.25) is 5.95 Å². The molecule has 0 unspecified atom stereocenters. The molecule has 0 saturated heterocycles. The second kappa shape index (κ2) is 14.0. The number of aryl methyl sites for hydroxylation is 2. The van der Waals surface area contributed by atoms with Gasteiger partial charge in [0.15, 0.2) is 17.5 Å². The summed E-state index contributed by atoms with van der Waals surface area (Å²) in [5.74, 6) is -5.97. The Hall–Kier alpha value is -6.33. The minimum atomic E-state index is -1.69. The molecular formula is C35H28ClF3N10O4. The molecule has 3 aromatic carbocycles. The van der Waals surface area contributed by atoms with Crippen LogP contribution < -0.4 is 22.4 Å². The first-order chi connectivity index (χ1) is 25.4. The van der Waals surface area contributed by atoms with Crippen LogP contribution in [0.2, 0.25) is 5.02 Å². The van der Waals surface area contributed by atoms with Crippen LogP contribution in [0, 0.1) is 17.5 Å². The number of rotatable bonds is 11. The zero-order valence-corrected chi connectivity index (χ0v) is 28.5. The monoisotopic (exact) mass is 744 g/mol. The SMILES string of the molecule is Cn1cc2c(-c3cnn(CCCC(=O)O)c3)c(Nc3nc(=O)n(-c4cncc5cccc(CN)c45)c(=O)n3Cc3cc(F)c(F)c(F)c3)c(Cl)cc2n1. The third kappa shape index (κ3) is 6.62. The molecule has 0 spiro atoms. The first-order valence-corrected chi connectivity index (χ1v) is 16.4. The van der Waals surface area contributed by atoms with Crippen LogP contribution in [-0.4, -0.2) is 49.7 Å². The average molecular weight is 745 g/mol. The number of anilines is 2. The summed E-state index contributed by atoms with van der Waals surface area (Å²) in [6.07, 6.45) is 8.03. The molecule has 0 aliphatic carbocycles. The zero-order valence-electron chi connectivity index (χ0n) is 27.7. The number of hydrogen-bond acceptors (Lipinski definition) is 9. The first-order valence-electron chi connectivity index (χ1n) is 16.0. The van der Waals surface area contributed by atoms with Crippen molar-refractivity contribution in [3.63, 3.8) is 0 Å². The molecule has 53 heavy (non-hydrogen) atoms. The van der Waals surface area contributed by atoms with E-state index in [-0.39, 0.29) is 40.9 Å². The highest BCUT2D eigenvalue weighted by molar-refractivity contribution is 6.35. The van der Waals surface area contributed by atoms with Gasteiger partial charge >= 0.3 is 17.3 Å². The molecular weight excluding hydrogens is 717 g/mol. The lowest BCUT2D eigenvalue weighted by Gasteiger charge is -2.19. The second-order valence-corrected chi connectivity index (χ2v) is 12.5. The van der Waals surface area contributed by atoms with Gasteiger partial charge in [0, 0.05) is 72.4 Å². The van der Waals surface area contributed by atoms with Crippen molar-refractivity contribution in [3.05, 3.63) is 122 Å². The highest BCUT2D eigenvalue weighted by Crippen LogP contribution is 2.41. The molecule has 0 amide bonds. The molecule has 0 atom stereocenters. The highest BCUT2D eigenvalue weighted by atomic mass is 35.5. The number of benzene rings is 3. The Bertz CT molecular complexity index is 2680. The topological polar surface area (TPSA) is 181 Å². The van der Waals surface area contributed by atoms with Crippen LogP contribution in [-0.2, 0) is 31.5 Å². The Labute approximate surface area is 301 Å². The zero-order chi connectivity index (χ0) is 37.6. The van der Waals surface area contributed by atoms with Crippen molar-refractivity contribution in [1.29, 1.82) is 0 Å². The summed E-state index contributed by atoms with van der Waals surface area (Å²) in [6.45, 7) is -0.217. The van der Waals surface area contributed by atoms with Gasteiger partial charge in [0.1, 0.15) is 0 Å². The molecule has 0 aliphatic heterocycles. The molecule has 0 fully saturated rings. The Morgan fingerprint density at radius 3 is 2.57 bits per heavy atom. The molecule has 7 rings (SSSR count). The summed E-state index contributed by atoms with van der Waals surface area (Å²) in [4.78, 5) is 48.0. The second-order valence-electron chi connectivity index (χ2n) is 12.1. The lowest BCUT2D eigenvalue weighted by Crippen LogP contribution is -2.42. The lowest BCUT2D eigenvalue weighted by atomic mass is 10.0. The van der Waals surface area contributed by atoms with E-state index < -0.39 is 41.3 Å². The smallest absolute Gasteiger partial charge is 0.359 e. The number of fused-ring (bicyclic) bond motifs is 2. The van der Waals surface area contributed by atoms with Crippen LogP contribution in [0.15, 0.2) is 77.0 Å². The third-order valence-electron chi connectivity index (χ3n) is 8.58. The molecule has 270 valence electrons. The van der Waals surface area contributed by atoms with Gasteiger partial charge in [0.25, 0.3) is 0 Å². The van der Waals surface area contributed by atoms with Crippen LogP contribution >= 0.6 is 11.6 Å². The number of aromatic nitrogens is 8. The minimum Gasteiger partial charge on any atom is -0.481 e. The highest BCUT2D eigenvalue weighted by Gasteiger charge is 2.24. The van der Waals surface area contributed by atoms with Crippen molar-refractivity contribution in [2.75, 3.05) is 5.32 Å². The van der Waals surface area contributed by atoms with Crippen LogP contribution in [0.5, 0.6) is 0 Å². The number of carbonyl (C=O) groups is 1. The predicted octanol–water partition coefficient (Wildman–Crippen LogP) is 4.88. The van der Waals surface area contributed by atoms with Gasteiger partial charge in [-0.15, -0.1) is 0 Å². The van der Waals surface area contributed by atoms with Crippen molar-refractivity contribution in [1.82, 2.24) is 38.7 Å². The molecule has 0 aliphatic rings. The van der Waals surface area contributed by atoms with Crippen molar-refractivity contribution in [3.8, 4) is 16.8 Å². The molecule has 0 radical (unpaired) electrons. The third-order valence-corrected chi connectivity index (χ3v) is 8.88. The number of nitrogens with two attached hydrogens (primary N) is 1. The number of carboxylic acids is 1. The molecule has 4 heterocycles. The fourth-order valence-corrected chi connectivity index (χ4v) is 6.49. The normalized spacial score (nSPS) is 11.5. The molecule has 7 aromatic rings. The largest absolute Gasteiger partial charge is 0.481 e. The fraction of sp³-hybridized carbons (Fsp3) is 0.171. The summed E-state index contributed by atoms with van der Waals surface area (Å²) in [5, 5.41) is 22.7. The number of halogens is 4. The molecule has 18 heteroatoms. The lowest BCUT2D eigenvalue weighted by molar-refractivity contribution is -0.137. The summed E-state index contributed by atoms with van der Waals surface area (Å²) in [6, 6.07) is 8.23. The Balaban J connectivity index is 1.44. The summed E-state index contributed by atoms with van der Waals surface area (Å²) >= 11 is 6.86. The van der Waals surface area contributed by atoms with Gasteiger partial charge in [-0.25, -0.2) is 27.3 Å². The van der Waals surface area contributed by atoms with Gasteiger partial charge in [-0.3, -0.25) is 23.7 Å². The van der Waals surface area contributed by atoms with Gasteiger partial charge < -0.3 is 16.2 Å².